The molecule has 0 fully saturated rings. The highest BCUT2D eigenvalue weighted by Crippen LogP contribution is 2.34. The minimum absolute atomic E-state index is 0.544. The number of para-hydroxylation sites is 2. The first-order valence-corrected chi connectivity index (χ1v) is 11.1. The summed E-state index contributed by atoms with van der Waals surface area (Å²) in [4.78, 5) is 10.8. The molecule has 1 heterocycles. The smallest absolute Gasteiger partial charge is 0.204 e. The number of benzene rings is 3. The maximum Gasteiger partial charge on any atom is 0.204 e. The molecule has 4 aromatic rings. The monoisotopic (exact) mass is 421 g/mol. The van der Waals surface area contributed by atoms with Crippen molar-refractivity contribution in [3.05, 3.63) is 103 Å². The SMILES string of the molecule is CC.CC.CC#Cc1ncc(-c2ccc(N(c3ccccc3)c3ccccc3)cc2)cn1. The van der Waals surface area contributed by atoms with Crippen LogP contribution in [0.3, 0.4) is 0 Å². The molecule has 0 unspecified atom stereocenters. The lowest BCUT2D eigenvalue weighted by atomic mass is 10.1. The van der Waals surface area contributed by atoms with Gasteiger partial charge in [-0.3, -0.25) is 0 Å². The summed E-state index contributed by atoms with van der Waals surface area (Å²) in [6, 6.07) is 29.2. The molecule has 3 aromatic carbocycles. The van der Waals surface area contributed by atoms with Gasteiger partial charge in [0.15, 0.2) is 0 Å². The number of hydrogen-bond donors (Lipinski definition) is 0. The first kappa shape index (κ1) is 24.4. The predicted molar refractivity (Wildman–Crippen MR) is 137 cm³/mol. The summed E-state index contributed by atoms with van der Waals surface area (Å²) >= 11 is 0. The van der Waals surface area contributed by atoms with Gasteiger partial charge in [0.1, 0.15) is 0 Å². The molecule has 0 aliphatic heterocycles. The minimum Gasteiger partial charge on any atom is -0.311 e. The van der Waals surface area contributed by atoms with Crippen molar-refractivity contribution in [1.82, 2.24) is 9.97 Å². The Labute approximate surface area is 192 Å². The van der Waals surface area contributed by atoms with Gasteiger partial charge in [0, 0.05) is 35.0 Å². The lowest BCUT2D eigenvalue weighted by Gasteiger charge is -2.25. The van der Waals surface area contributed by atoms with Crippen LogP contribution in [0.15, 0.2) is 97.3 Å². The van der Waals surface area contributed by atoms with Gasteiger partial charge in [-0.1, -0.05) is 82.1 Å². The summed E-state index contributed by atoms with van der Waals surface area (Å²) < 4.78 is 0. The molecule has 0 atom stereocenters. The summed E-state index contributed by atoms with van der Waals surface area (Å²) in [6.45, 7) is 9.78. The van der Waals surface area contributed by atoms with E-state index in [-0.39, 0.29) is 0 Å². The van der Waals surface area contributed by atoms with Crippen molar-refractivity contribution in [1.29, 1.82) is 0 Å². The molecule has 0 N–H and O–H groups in total. The molecule has 162 valence electrons. The van der Waals surface area contributed by atoms with Gasteiger partial charge in [0.25, 0.3) is 0 Å². The van der Waals surface area contributed by atoms with Crippen molar-refractivity contribution < 1.29 is 0 Å². The van der Waals surface area contributed by atoms with E-state index in [0.29, 0.717) is 5.82 Å². The number of nitrogens with zero attached hydrogens (tertiary/aromatic N) is 3. The molecule has 0 amide bonds. The van der Waals surface area contributed by atoms with Crippen LogP contribution in [-0.2, 0) is 0 Å². The Balaban J connectivity index is 0.000000860. The molecule has 0 saturated heterocycles. The fraction of sp³-hybridized carbons (Fsp3) is 0.172. The topological polar surface area (TPSA) is 29.0 Å². The average Bonchev–Trinajstić information content (AvgIpc) is 2.89. The van der Waals surface area contributed by atoms with Crippen molar-refractivity contribution >= 4 is 17.1 Å². The molecule has 1 aromatic heterocycles. The van der Waals surface area contributed by atoms with Gasteiger partial charge in [-0.2, -0.15) is 0 Å². The van der Waals surface area contributed by atoms with Crippen molar-refractivity contribution in [3.8, 4) is 23.0 Å². The van der Waals surface area contributed by atoms with Crippen molar-refractivity contribution in [2.45, 2.75) is 34.6 Å². The van der Waals surface area contributed by atoms with Gasteiger partial charge in [-0.15, -0.1) is 0 Å². The summed E-state index contributed by atoms with van der Waals surface area (Å²) in [7, 11) is 0. The van der Waals surface area contributed by atoms with Crippen LogP contribution in [0.5, 0.6) is 0 Å². The molecule has 4 rings (SSSR count). The van der Waals surface area contributed by atoms with E-state index in [1.165, 1.54) is 0 Å². The predicted octanol–water partition coefficient (Wildman–Crippen LogP) is 8.04. The normalized spacial score (nSPS) is 9.16. The average molecular weight is 422 g/mol. The Hall–Kier alpha value is -3.90. The first-order valence-electron chi connectivity index (χ1n) is 11.1. The fourth-order valence-electron chi connectivity index (χ4n) is 3.06. The molecule has 0 saturated carbocycles. The van der Waals surface area contributed by atoms with Gasteiger partial charge < -0.3 is 4.90 Å². The lowest BCUT2D eigenvalue weighted by Crippen LogP contribution is -2.09. The number of aromatic nitrogens is 2. The first-order chi connectivity index (χ1) is 15.8. The van der Waals surface area contributed by atoms with E-state index in [2.05, 4.69) is 99.5 Å². The van der Waals surface area contributed by atoms with Crippen LogP contribution < -0.4 is 4.90 Å². The maximum absolute atomic E-state index is 4.30. The van der Waals surface area contributed by atoms with Crippen LogP contribution in [0.2, 0.25) is 0 Å². The highest BCUT2D eigenvalue weighted by atomic mass is 15.1. The molecule has 3 nitrogen and oxygen atoms in total. The van der Waals surface area contributed by atoms with Crippen molar-refractivity contribution in [2.24, 2.45) is 0 Å². The van der Waals surface area contributed by atoms with Crippen LogP contribution in [-0.4, -0.2) is 9.97 Å². The van der Waals surface area contributed by atoms with E-state index in [9.17, 15) is 0 Å². The van der Waals surface area contributed by atoms with Crippen LogP contribution in [0, 0.1) is 11.8 Å². The Morgan fingerprint density at radius 3 is 1.44 bits per heavy atom. The van der Waals surface area contributed by atoms with E-state index < -0.39 is 0 Å². The van der Waals surface area contributed by atoms with Crippen LogP contribution in [0.25, 0.3) is 11.1 Å². The number of anilines is 3. The minimum atomic E-state index is 0.544. The molecule has 0 aliphatic carbocycles. The second-order valence-electron chi connectivity index (χ2n) is 6.22. The van der Waals surface area contributed by atoms with Gasteiger partial charge in [0.05, 0.1) is 0 Å². The van der Waals surface area contributed by atoms with Crippen LogP contribution >= 0.6 is 0 Å². The Morgan fingerprint density at radius 1 is 0.562 bits per heavy atom. The Kier molecular flexibility index (Phi) is 10.2. The van der Waals surface area contributed by atoms with Gasteiger partial charge in [-0.05, 0) is 54.8 Å². The molecule has 32 heavy (non-hydrogen) atoms. The molecule has 0 bridgehead atoms. The largest absolute Gasteiger partial charge is 0.311 e. The second-order valence-corrected chi connectivity index (χ2v) is 6.22. The zero-order valence-corrected chi connectivity index (χ0v) is 19.6. The Morgan fingerprint density at radius 2 is 1.00 bits per heavy atom. The quantitative estimate of drug-likeness (QED) is 0.312. The fourth-order valence-corrected chi connectivity index (χ4v) is 3.06. The molecule has 0 radical (unpaired) electrons. The molecule has 0 aliphatic rings. The van der Waals surface area contributed by atoms with E-state index in [4.69, 9.17) is 0 Å². The van der Waals surface area contributed by atoms with E-state index in [0.717, 1.165) is 28.2 Å². The summed E-state index contributed by atoms with van der Waals surface area (Å²) in [5.74, 6) is 6.23. The summed E-state index contributed by atoms with van der Waals surface area (Å²) in [6.07, 6.45) is 3.63. The third-order valence-electron chi connectivity index (χ3n) is 4.38. The van der Waals surface area contributed by atoms with Crippen LogP contribution in [0.4, 0.5) is 17.1 Å². The maximum atomic E-state index is 4.30. The van der Waals surface area contributed by atoms with Crippen molar-refractivity contribution in [2.75, 3.05) is 4.90 Å². The Bertz CT molecular complexity index is 1050. The van der Waals surface area contributed by atoms with E-state index in [1.807, 2.05) is 52.2 Å². The van der Waals surface area contributed by atoms with Gasteiger partial charge >= 0.3 is 0 Å². The van der Waals surface area contributed by atoms with E-state index >= 15 is 0 Å². The van der Waals surface area contributed by atoms with Crippen LogP contribution in [0.1, 0.15) is 40.4 Å². The number of hydrogen-bond acceptors (Lipinski definition) is 3. The molecular weight excluding hydrogens is 390 g/mol. The van der Waals surface area contributed by atoms with Gasteiger partial charge in [0.2, 0.25) is 5.82 Å². The molecule has 3 heteroatoms. The number of rotatable bonds is 4. The highest BCUT2D eigenvalue weighted by molar-refractivity contribution is 5.77. The summed E-state index contributed by atoms with van der Waals surface area (Å²) in [5.41, 5.74) is 5.37. The third kappa shape index (κ3) is 6.30. The zero-order valence-electron chi connectivity index (χ0n) is 19.6. The second kappa shape index (κ2) is 13.4. The summed E-state index contributed by atoms with van der Waals surface area (Å²) in [5, 5.41) is 0. The lowest BCUT2D eigenvalue weighted by molar-refractivity contribution is 1.13. The highest BCUT2D eigenvalue weighted by Gasteiger charge is 2.11. The molecular formula is C29H31N3. The zero-order chi connectivity index (χ0) is 23.2. The third-order valence-corrected chi connectivity index (χ3v) is 4.38. The van der Waals surface area contributed by atoms with Crippen molar-refractivity contribution in [3.63, 3.8) is 0 Å². The molecule has 0 spiro atoms. The standard InChI is InChI=1S/C25H19N3.2C2H6/c1-2-9-25-26-18-21(19-27-25)20-14-16-24(17-15-20)28(22-10-5-3-6-11-22)23-12-7-4-8-13-23;2*1-2/h3-8,10-19H,1H3;2*1-2H3. The van der Waals surface area contributed by atoms with E-state index in [1.54, 1.807) is 6.92 Å². The van der Waals surface area contributed by atoms with Gasteiger partial charge in [-0.25, -0.2) is 9.97 Å².